The first-order valence-electron chi connectivity index (χ1n) is 3.87. The van der Waals surface area contributed by atoms with Crippen molar-refractivity contribution in [3.63, 3.8) is 0 Å². The highest BCUT2D eigenvalue weighted by Gasteiger charge is 2.19. The summed E-state index contributed by atoms with van der Waals surface area (Å²) in [6.45, 7) is 1.58. The number of hydrogen-bond donors (Lipinski definition) is 0. The molecule has 0 atom stereocenters. The average molecular weight is 172 g/mol. The summed E-state index contributed by atoms with van der Waals surface area (Å²) < 4.78 is 0. The Hall–Kier alpha value is -0.310. The molecule has 0 heterocycles. The smallest absolute Gasteiger partial charge is 0.186 e. The summed E-state index contributed by atoms with van der Waals surface area (Å²) in [5, 5.41) is 0.578. The Morgan fingerprint density at radius 2 is 2.00 bits per heavy atom. The summed E-state index contributed by atoms with van der Waals surface area (Å²) in [6, 6.07) is 0. The molecule has 0 aromatic carbocycles. The number of carbonyl (C=O) groups is 2. The summed E-state index contributed by atoms with van der Waals surface area (Å²) in [6.07, 6.45) is 3.13. The van der Waals surface area contributed by atoms with Crippen LogP contribution in [0, 0.1) is 0 Å². The van der Waals surface area contributed by atoms with E-state index in [1.54, 1.807) is 6.92 Å². The van der Waals surface area contributed by atoms with Gasteiger partial charge in [-0.1, -0.05) is 11.8 Å². The van der Waals surface area contributed by atoms with Crippen LogP contribution in [0.15, 0.2) is 0 Å². The standard InChI is InChI=1S/C8H12O2S/c1-6(9)11-8-4-2-7(10)3-5-8/h8H,2-5H2,1H3. The van der Waals surface area contributed by atoms with Gasteiger partial charge in [-0.15, -0.1) is 0 Å². The van der Waals surface area contributed by atoms with Gasteiger partial charge in [-0.05, 0) is 12.8 Å². The second-order valence-corrected chi connectivity index (χ2v) is 4.32. The van der Waals surface area contributed by atoms with Gasteiger partial charge in [0.05, 0.1) is 0 Å². The molecule has 62 valence electrons. The molecule has 1 fully saturated rings. The van der Waals surface area contributed by atoms with E-state index in [1.807, 2.05) is 0 Å². The van der Waals surface area contributed by atoms with Crippen LogP contribution in [0.2, 0.25) is 0 Å². The molecule has 0 radical (unpaired) electrons. The monoisotopic (exact) mass is 172 g/mol. The summed E-state index contributed by atoms with van der Waals surface area (Å²) in [4.78, 5) is 21.5. The Labute approximate surface area is 70.7 Å². The molecule has 0 aliphatic heterocycles. The lowest BCUT2D eigenvalue weighted by Crippen LogP contribution is -2.16. The number of ketones is 1. The molecule has 1 aliphatic rings. The van der Waals surface area contributed by atoms with E-state index in [4.69, 9.17) is 0 Å². The molecule has 0 saturated heterocycles. The minimum absolute atomic E-state index is 0.171. The van der Waals surface area contributed by atoms with Gasteiger partial charge in [0.2, 0.25) is 0 Å². The lowest BCUT2D eigenvalue weighted by molar-refractivity contribution is -0.120. The highest BCUT2D eigenvalue weighted by atomic mass is 32.2. The fourth-order valence-electron chi connectivity index (χ4n) is 1.27. The van der Waals surface area contributed by atoms with E-state index in [0.29, 0.717) is 23.9 Å². The van der Waals surface area contributed by atoms with Gasteiger partial charge < -0.3 is 0 Å². The molecular formula is C8H12O2S. The van der Waals surface area contributed by atoms with Gasteiger partial charge in [-0.3, -0.25) is 9.59 Å². The molecule has 1 saturated carbocycles. The summed E-state index contributed by atoms with van der Waals surface area (Å²) in [7, 11) is 0. The molecule has 1 aliphatic carbocycles. The SMILES string of the molecule is CC(=O)SC1CCC(=O)CC1. The van der Waals surface area contributed by atoms with Crippen LogP contribution in [-0.4, -0.2) is 16.1 Å². The predicted molar refractivity (Wildman–Crippen MR) is 45.5 cm³/mol. The van der Waals surface area contributed by atoms with Crippen LogP contribution in [0.5, 0.6) is 0 Å². The van der Waals surface area contributed by atoms with Crippen LogP contribution in [0.25, 0.3) is 0 Å². The number of Topliss-reactive ketones (excluding diaryl/α,β-unsaturated/α-hetero) is 1. The molecular weight excluding hydrogens is 160 g/mol. The fourth-order valence-corrected chi connectivity index (χ4v) is 2.21. The molecule has 11 heavy (non-hydrogen) atoms. The van der Waals surface area contributed by atoms with Crippen LogP contribution >= 0.6 is 11.8 Å². The first kappa shape index (κ1) is 8.78. The van der Waals surface area contributed by atoms with E-state index in [1.165, 1.54) is 11.8 Å². The van der Waals surface area contributed by atoms with Crippen molar-refractivity contribution < 1.29 is 9.59 Å². The third kappa shape index (κ3) is 3.06. The summed E-state index contributed by atoms with van der Waals surface area (Å²) >= 11 is 1.39. The van der Waals surface area contributed by atoms with E-state index in [9.17, 15) is 9.59 Å². The topological polar surface area (TPSA) is 34.1 Å². The Balaban J connectivity index is 2.28. The van der Waals surface area contributed by atoms with Crippen LogP contribution in [0.4, 0.5) is 0 Å². The van der Waals surface area contributed by atoms with Crippen molar-refractivity contribution in [1.82, 2.24) is 0 Å². The first-order valence-corrected chi connectivity index (χ1v) is 4.75. The van der Waals surface area contributed by atoms with Gasteiger partial charge in [0.15, 0.2) is 5.12 Å². The zero-order chi connectivity index (χ0) is 8.27. The average Bonchev–Trinajstić information content (AvgIpc) is 1.93. The molecule has 0 aromatic rings. The third-order valence-corrected chi connectivity index (χ3v) is 2.96. The van der Waals surface area contributed by atoms with Crippen LogP contribution < -0.4 is 0 Å². The highest BCUT2D eigenvalue weighted by Crippen LogP contribution is 2.26. The second kappa shape index (κ2) is 3.90. The Morgan fingerprint density at radius 3 is 2.45 bits per heavy atom. The lowest BCUT2D eigenvalue weighted by Gasteiger charge is -2.18. The first-order chi connectivity index (χ1) is 5.18. The molecule has 2 nitrogen and oxygen atoms in total. The normalized spacial score (nSPS) is 20.3. The van der Waals surface area contributed by atoms with Crippen molar-refractivity contribution in [2.75, 3.05) is 0 Å². The molecule has 0 bridgehead atoms. The van der Waals surface area contributed by atoms with Crippen molar-refractivity contribution in [2.45, 2.75) is 37.9 Å². The lowest BCUT2D eigenvalue weighted by atomic mass is 9.99. The van der Waals surface area contributed by atoms with Crippen LogP contribution in [0.1, 0.15) is 32.6 Å². The summed E-state index contributed by atoms with van der Waals surface area (Å²) in [5.74, 6) is 0.352. The highest BCUT2D eigenvalue weighted by molar-refractivity contribution is 8.14. The molecule has 0 amide bonds. The van der Waals surface area contributed by atoms with Gasteiger partial charge >= 0.3 is 0 Å². The fraction of sp³-hybridized carbons (Fsp3) is 0.750. The van der Waals surface area contributed by atoms with Gasteiger partial charge in [-0.2, -0.15) is 0 Å². The zero-order valence-corrected chi connectivity index (χ0v) is 7.45. The quantitative estimate of drug-likeness (QED) is 0.604. The molecule has 0 N–H and O–H groups in total. The minimum atomic E-state index is 0.171. The molecule has 0 spiro atoms. The van der Waals surface area contributed by atoms with Crippen molar-refractivity contribution >= 4 is 22.7 Å². The van der Waals surface area contributed by atoms with Gasteiger partial charge in [0.25, 0.3) is 0 Å². The Kier molecular flexibility index (Phi) is 3.12. The van der Waals surface area contributed by atoms with Crippen molar-refractivity contribution in [1.29, 1.82) is 0 Å². The number of carbonyl (C=O) groups excluding carboxylic acids is 2. The van der Waals surface area contributed by atoms with E-state index in [2.05, 4.69) is 0 Å². The van der Waals surface area contributed by atoms with Crippen molar-refractivity contribution in [2.24, 2.45) is 0 Å². The molecule has 0 unspecified atom stereocenters. The third-order valence-electron chi connectivity index (χ3n) is 1.82. The molecule has 1 rings (SSSR count). The van der Waals surface area contributed by atoms with Crippen LogP contribution in [-0.2, 0) is 9.59 Å². The summed E-state index contributed by atoms with van der Waals surface area (Å²) in [5.41, 5.74) is 0. The van der Waals surface area contributed by atoms with Gasteiger partial charge in [-0.25, -0.2) is 0 Å². The number of hydrogen-bond acceptors (Lipinski definition) is 3. The van der Waals surface area contributed by atoms with Crippen molar-refractivity contribution in [3.05, 3.63) is 0 Å². The molecule has 0 aromatic heterocycles. The Bertz CT molecular complexity index is 167. The minimum Gasteiger partial charge on any atom is -0.300 e. The van der Waals surface area contributed by atoms with E-state index in [0.717, 1.165) is 12.8 Å². The zero-order valence-electron chi connectivity index (χ0n) is 6.63. The van der Waals surface area contributed by atoms with Gasteiger partial charge in [0.1, 0.15) is 5.78 Å². The number of rotatable bonds is 1. The largest absolute Gasteiger partial charge is 0.300 e. The second-order valence-electron chi connectivity index (χ2n) is 2.85. The predicted octanol–water partition coefficient (Wildman–Crippen LogP) is 1.78. The van der Waals surface area contributed by atoms with E-state index < -0.39 is 0 Å². The molecule has 3 heteroatoms. The van der Waals surface area contributed by atoms with E-state index >= 15 is 0 Å². The Morgan fingerprint density at radius 1 is 1.45 bits per heavy atom. The maximum atomic E-state index is 10.8. The number of thioether (sulfide) groups is 1. The van der Waals surface area contributed by atoms with Crippen LogP contribution in [0.3, 0.4) is 0 Å². The maximum Gasteiger partial charge on any atom is 0.186 e. The van der Waals surface area contributed by atoms with Gasteiger partial charge in [0, 0.05) is 25.0 Å². The van der Waals surface area contributed by atoms with Crippen molar-refractivity contribution in [3.8, 4) is 0 Å². The maximum absolute atomic E-state index is 10.8. The van der Waals surface area contributed by atoms with E-state index in [-0.39, 0.29) is 5.12 Å².